The Morgan fingerprint density at radius 2 is 1.71 bits per heavy atom. The van der Waals surface area contributed by atoms with E-state index in [1.54, 1.807) is 19.2 Å². The first kappa shape index (κ1) is 21.6. The molecule has 2 aromatic carbocycles. The van der Waals surface area contributed by atoms with Gasteiger partial charge in [0.1, 0.15) is 44.3 Å². The average molecular weight is 429 g/mol. The number of nitrogens with one attached hydrogen (secondary N) is 3. The van der Waals surface area contributed by atoms with Crippen LogP contribution < -0.4 is 24.8 Å². The zero-order valence-corrected chi connectivity index (χ0v) is 18.3. The number of nitrogens with zero attached hydrogens (tertiary/aromatic N) is 1. The predicted octanol–water partition coefficient (Wildman–Crippen LogP) is 0.357. The number of rotatable bonds is 7. The Hall–Kier alpha value is -2.64. The highest BCUT2D eigenvalue weighted by molar-refractivity contribution is 5.91. The van der Waals surface area contributed by atoms with Crippen molar-refractivity contribution in [3.63, 3.8) is 0 Å². The second-order valence-corrected chi connectivity index (χ2v) is 8.60. The van der Waals surface area contributed by atoms with Gasteiger partial charge in [-0.3, -0.25) is 4.79 Å². The lowest BCUT2D eigenvalue weighted by Gasteiger charge is -2.29. The molecule has 0 unspecified atom stereocenters. The molecule has 2 aromatic rings. The van der Waals surface area contributed by atoms with Gasteiger partial charge in [0.15, 0.2) is 6.54 Å². The molecule has 2 heterocycles. The Balaban J connectivity index is 1.22. The van der Waals surface area contributed by atoms with Crippen LogP contribution in [0.4, 0.5) is 15.8 Å². The fourth-order valence-corrected chi connectivity index (χ4v) is 4.63. The molecule has 2 fully saturated rings. The van der Waals surface area contributed by atoms with Gasteiger partial charge < -0.3 is 24.8 Å². The number of methoxy groups -OCH3 is 1. The third-order valence-electron chi connectivity index (χ3n) is 6.38. The summed E-state index contributed by atoms with van der Waals surface area (Å²) in [5.74, 6) is 0.558. The minimum atomic E-state index is -0.232. The topological polar surface area (TPSA) is 50.5 Å². The van der Waals surface area contributed by atoms with Gasteiger partial charge in [-0.1, -0.05) is 0 Å². The number of quaternary nitrogens is 2. The highest BCUT2D eigenvalue weighted by Crippen LogP contribution is 2.22. The molecule has 0 aliphatic carbocycles. The quantitative estimate of drug-likeness (QED) is 0.597. The van der Waals surface area contributed by atoms with Crippen LogP contribution in [0.3, 0.4) is 0 Å². The standard InChI is InChI=1S/C24H31FN4O2/c1-31-23-9-4-20(25)16-19(23)17-27-12-14-28(15-13-27)18-24(30)26-21-5-7-22(8-6-21)29-10-2-3-11-29/h4-9,16H,2-3,10-15,17-18H2,1H3,(H,26,30)/p+2. The normalized spacial score (nSPS) is 21.2. The first-order valence-electron chi connectivity index (χ1n) is 11.2. The highest BCUT2D eigenvalue weighted by atomic mass is 19.1. The maximum absolute atomic E-state index is 13.6. The molecule has 1 amide bonds. The minimum absolute atomic E-state index is 0.0548. The third kappa shape index (κ3) is 5.74. The number of ether oxygens (including phenoxy) is 1. The highest BCUT2D eigenvalue weighted by Gasteiger charge is 2.26. The molecular formula is C24H33FN4O2+2. The Morgan fingerprint density at radius 3 is 2.39 bits per heavy atom. The van der Waals surface area contributed by atoms with Crippen molar-refractivity contribution < 1.29 is 23.7 Å². The second kappa shape index (κ2) is 10.1. The Labute approximate surface area is 183 Å². The SMILES string of the molecule is COc1ccc(F)cc1C[NH+]1CC[NH+](CC(=O)Nc2ccc(N3CCCC3)cc2)CC1. The average Bonchev–Trinajstić information content (AvgIpc) is 3.31. The number of hydrogen-bond donors (Lipinski definition) is 3. The van der Waals surface area contributed by atoms with Crippen molar-refractivity contribution in [2.75, 3.05) is 63.1 Å². The van der Waals surface area contributed by atoms with Gasteiger partial charge >= 0.3 is 0 Å². The van der Waals surface area contributed by atoms with Crippen LogP contribution in [0, 0.1) is 5.82 Å². The molecule has 4 rings (SSSR count). The monoisotopic (exact) mass is 428 g/mol. The van der Waals surface area contributed by atoms with Gasteiger partial charge in [0.25, 0.3) is 5.91 Å². The van der Waals surface area contributed by atoms with Crippen LogP contribution in [0.2, 0.25) is 0 Å². The Morgan fingerprint density at radius 1 is 1.03 bits per heavy atom. The van der Waals surface area contributed by atoms with Gasteiger partial charge in [-0.2, -0.15) is 0 Å². The summed E-state index contributed by atoms with van der Waals surface area (Å²) in [5, 5.41) is 3.04. The lowest BCUT2D eigenvalue weighted by Crippen LogP contribution is -3.28. The van der Waals surface area contributed by atoms with Crippen LogP contribution in [-0.4, -0.2) is 58.8 Å². The van der Waals surface area contributed by atoms with E-state index in [0.717, 1.165) is 62.8 Å². The van der Waals surface area contributed by atoms with Crippen molar-refractivity contribution >= 4 is 17.3 Å². The zero-order chi connectivity index (χ0) is 21.6. The second-order valence-electron chi connectivity index (χ2n) is 8.60. The first-order chi connectivity index (χ1) is 15.1. The summed E-state index contributed by atoms with van der Waals surface area (Å²) in [6.07, 6.45) is 2.51. The fourth-order valence-electron chi connectivity index (χ4n) is 4.63. The van der Waals surface area contributed by atoms with Crippen molar-refractivity contribution in [3.05, 3.63) is 53.8 Å². The fraction of sp³-hybridized carbons (Fsp3) is 0.458. The largest absolute Gasteiger partial charge is 0.496 e. The van der Waals surface area contributed by atoms with E-state index >= 15 is 0 Å². The lowest BCUT2D eigenvalue weighted by molar-refractivity contribution is -1.02. The molecule has 2 aliphatic heterocycles. The van der Waals surface area contributed by atoms with E-state index in [-0.39, 0.29) is 11.7 Å². The molecule has 0 bridgehead atoms. The van der Waals surface area contributed by atoms with E-state index in [1.807, 2.05) is 12.1 Å². The molecule has 2 saturated heterocycles. The number of benzene rings is 2. The zero-order valence-electron chi connectivity index (χ0n) is 18.3. The lowest BCUT2D eigenvalue weighted by atomic mass is 10.1. The maximum Gasteiger partial charge on any atom is 0.279 e. The molecule has 3 N–H and O–H groups in total. The van der Waals surface area contributed by atoms with Gasteiger partial charge in [-0.15, -0.1) is 0 Å². The van der Waals surface area contributed by atoms with Gasteiger partial charge in [-0.25, -0.2) is 4.39 Å². The summed E-state index contributed by atoms with van der Waals surface area (Å²) >= 11 is 0. The van der Waals surface area contributed by atoms with Gasteiger partial charge in [0.2, 0.25) is 0 Å². The van der Waals surface area contributed by atoms with Gasteiger partial charge in [0, 0.05) is 24.5 Å². The van der Waals surface area contributed by atoms with Crippen LogP contribution in [-0.2, 0) is 11.3 Å². The van der Waals surface area contributed by atoms with Crippen molar-refractivity contribution in [2.45, 2.75) is 19.4 Å². The molecule has 0 radical (unpaired) electrons. The Bertz CT molecular complexity index is 876. The molecule has 31 heavy (non-hydrogen) atoms. The number of anilines is 2. The van der Waals surface area contributed by atoms with Gasteiger partial charge in [-0.05, 0) is 55.3 Å². The molecule has 7 heteroatoms. The summed E-state index contributed by atoms with van der Waals surface area (Å²) < 4.78 is 19.0. The molecule has 2 aliphatic rings. The van der Waals surface area contributed by atoms with Gasteiger partial charge in [0.05, 0.1) is 12.7 Å². The molecule has 0 spiro atoms. The van der Waals surface area contributed by atoms with Crippen molar-refractivity contribution in [3.8, 4) is 5.75 Å². The van der Waals surface area contributed by atoms with E-state index in [0.29, 0.717) is 6.54 Å². The molecule has 166 valence electrons. The van der Waals surface area contributed by atoms with Crippen LogP contribution in [0.1, 0.15) is 18.4 Å². The van der Waals surface area contributed by atoms with E-state index in [4.69, 9.17) is 4.74 Å². The van der Waals surface area contributed by atoms with E-state index in [1.165, 1.54) is 34.4 Å². The van der Waals surface area contributed by atoms with Crippen LogP contribution in [0.15, 0.2) is 42.5 Å². The molecule has 0 saturated carbocycles. The summed E-state index contributed by atoms with van der Waals surface area (Å²) in [6.45, 7) is 7.21. The Kier molecular flexibility index (Phi) is 7.04. The molecular weight excluding hydrogens is 395 g/mol. The number of amides is 1. The van der Waals surface area contributed by atoms with Crippen LogP contribution >= 0.6 is 0 Å². The smallest absolute Gasteiger partial charge is 0.279 e. The number of carbonyl (C=O) groups excluding carboxylic acids is 1. The van der Waals surface area contributed by atoms with Crippen molar-refractivity contribution in [2.24, 2.45) is 0 Å². The molecule has 6 nitrogen and oxygen atoms in total. The number of carbonyl (C=O) groups is 1. The molecule has 0 aromatic heterocycles. The van der Waals surface area contributed by atoms with Crippen LogP contribution in [0.5, 0.6) is 5.75 Å². The summed E-state index contributed by atoms with van der Waals surface area (Å²) in [4.78, 5) is 17.6. The summed E-state index contributed by atoms with van der Waals surface area (Å²) in [7, 11) is 1.62. The van der Waals surface area contributed by atoms with E-state index in [9.17, 15) is 9.18 Å². The summed E-state index contributed by atoms with van der Waals surface area (Å²) in [6, 6.07) is 12.9. The van der Waals surface area contributed by atoms with Crippen LogP contribution in [0.25, 0.3) is 0 Å². The van der Waals surface area contributed by atoms with E-state index < -0.39 is 0 Å². The van der Waals surface area contributed by atoms with Crippen molar-refractivity contribution in [1.82, 2.24) is 0 Å². The molecule has 0 atom stereocenters. The third-order valence-corrected chi connectivity index (χ3v) is 6.38. The number of hydrogen-bond acceptors (Lipinski definition) is 3. The minimum Gasteiger partial charge on any atom is -0.496 e. The number of piperazine rings is 1. The predicted molar refractivity (Wildman–Crippen MR) is 119 cm³/mol. The maximum atomic E-state index is 13.6. The van der Waals surface area contributed by atoms with Crippen molar-refractivity contribution in [1.29, 1.82) is 0 Å². The van der Waals surface area contributed by atoms with E-state index in [2.05, 4.69) is 22.3 Å². The summed E-state index contributed by atoms with van der Waals surface area (Å²) in [5.41, 5.74) is 2.99. The number of halogens is 1. The first-order valence-corrected chi connectivity index (χ1v) is 11.2.